The minimum absolute atomic E-state index is 0.148. The Morgan fingerprint density at radius 1 is 1.23 bits per heavy atom. The predicted molar refractivity (Wildman–Crippen MR) is 84.9 cm³/mol. The SMILES string of the molecule is Cc1ccccc1OCCCCC(C#N)c1c(C)noc1C. The molecule has 1 heterocycles. The molecule has 0 saturated heterocycles. The van der Waals surface area contributed by atoms with E-state index in [0.717, 1.165) is 47.6 Å². The van der Waals surface area contributed by atoms with Crippen LogP contribution in [0.4, 0.5) is 0 Å². The number of benzene rings is 1. The monoisotopic (exact) mass is 298 g/mol. The summed E-state index contributed by atoms with van der Waals surface area (Å²) in [6, 6.07) is 10.4. The molecule has 0 radical (unpaired) electrons. The highest BCUT2D eigenvalue weighted by Crippen LogP contribution is 2.27. The Labute approximate surface area is 131 Å². The van der Waals surface area contributed by atoms with Gasteiger partial charge in [0.15, 0.2) is 0 Å². The molecule has 0 saturated carbocycles. The zero-order valence-electron chi connectivity index (χ0n) is 13.4. The van der Waals surface area contributed by atoms with Crippen LogP contribution in [0, 0.1) is 32.1 Å². The molecule has 0 amide bonds. The van der Waals surface area contributed by atoms with Crippen LogP contribution in [0.3, 0.4) is 0 Å². The Morgan fingerprint density at radius 2 is 2.00 bits per heavy atom. The molecule has 1 unspecified atom stereocenters. The Kier molecular flexibility index (Phi) is 5.60. The first-order valence-electron chi connectivity index (χ1n) is 7.64. The molecule has 0 fully saturated rings. The van der Waals surface area contributed by atoms with E-state index in [1.165, 1.54) is 0 Å². The van der Waals surface area contributed by atoms with Crippen molar-refractivity contribution in [2.24, 2.45) is 0 Å². The van der Waals surface area contributed by atoms with Crippen molar-refractivity contribution in [2.75, 3.05) is 6.61 Å². The lowest BCUT2D eigenvalue weighted by Crippen LogP contribution is -2.02. The fraction of sp³-hybridized carbons (Fsp3) is 0.444. The van der Waals surface area contributed by atoms with E-state index >= 15 is 0 Å². The van der Waals surface area contributed by atoms with Crippen molar-refractivity contribution in [3.63, 3.8) is 0 Å². The van der Waals surface area contributed by atoms with Crippen LogP contribution >= 0.6 is 0 Å². The van der Waals surface area contributed by atoms with Gasteiger partial charge in [0.2, 0.25) is 0 Å². The van der Waals surface area contributed by atoms with Gasteiger partial charge >= 0.3 is 0 Å². The summed E-state index contributed by atoms with van der Waals surface area (Å²) in [6.45, 7) is 6.46. The molecule has 0 N–H and O–H groups in total. The van der Waals surface area contributed by atoms with Crippen molar-refractivity contribution in [3.8, 4) is 11.8 Å². The molecule has 2 aromatic rings. The van der Waals surface area contributed by atoms with E-state index in [4.69, 9.17) is 9.26 Å². The van der Waals surface area contributed by atoms with E-state index < -0.39 is 0 Å². The summed E-state index contributed by atoms with van der Waals surface area (Å²) in [5, 5.41) is 13.3. The highest BCUT2D eigenvalue weighted by Gasteiger charge is 2.19. The van der Waals surface area contributed by atoms with Crippen LogP contribution in [-0.2, 0) is 0 Å². The number of hydrogen-bond donors (Lipinski definition) is 0. The first-order valence-corrected chi connectivity index (χ1v) is 7.64. The first kappa shape index (κ1) is 16.1. The van der Waals surface area contributed by atoms with Gasteiger partial charge in [-0.25, -0.2) is 0 Å². The first-order chi connectivity index (χ1) is 10.6. The Balaban J connectivity index is 1.79. The summed E-state index contributed by atoms with van der Waals surface area (Å²) in [4.78, 5) is 0. The molecule has 22 heavy (non-hydrogen) atoms. The lowest BCUT2D eigenvalue weighted by molar-refractivity contribution is 0.302. The fourth-order valence-electron chi connectivity index (χ4n) is 2.61. The quantitative estimate of drug-likeness (QED) is 0.708. The van der Waals surface area contributed by atoms with E-state index in [0.29, 0.717) is 6.61 Å². The number of para-hydroxylation sites is 1. The van der Waals surface area contributed by atoms with Gasteiger partial charge in [0.25, 0.3) is 0 Å². The summed E-state index contributed by atoms with van der Waals surface area (Å²) >= 11 is 0. The minimum atomic E-state index is -0.148. The smallest absolute Gasteiger partial charge is 0.138 e. The molecule has 0 aliphatic carbocycles. The van der Waals surface area contributed by atoms with Crippen LogP contribution in [0.25, 0.3) is 0 Å². The third-order valence-electron chi connectivity index (χ3n) is 3.83. The molecule has 1 aromatic carbocycles. The van der Waals surface area contributed by atoms with E-state index in [2.05, 4.69) is 11.2 Å². The number of aryl methyl sites for hydroxylation is 3. The van der Waals surface area contributed by atoms with Crippen LogP contribution in [0.15, 0.2) is 28.8 Å². The van der Waals surface area contributed by atoms with Crippen molar-refractivity contribution >= 4 is 0 Å². The molecule has 116 valence electrons. The van der Waals surface area contributed by atoms with Gasteiger partial charge in [0.05, 0.1) is 24.3 Å². The Hall–Kier alpha value is -2.28. The van der Waals surface area contributed by atoms with Crippen molar-refractivity contribution in [3.05, 3.63) is 46.8 Å². The number of unbranched alkanes of at least 4 members (excludes halogenated alkanes) is 1. The standard InChI is InChI=1S/C18H22N2O2/c1-13-8-4-5-10-17(13)21-11-7-6-9-16(12-19)18-14(2)20-22-15(18)3/h4-5,8,10,16H,6-7,9,11H2,1-3H3. The average Bonchev–Trinajstić information content (AvgIpc) is 2.84. The maximum absolute atomic E-state index is 9.37. The molecule has 2 rings (SSSR count). The number of aromatic nitrogens is 1. The van der Waals surface area contributed by atoms with Crippen molar-refractivity contribution in [2.45, 2.75) is 46.0 Å². The normalized spacial score (nSPS) is 11.9. The van der Waals surface area contributed by atoms with E-state index in [9.17, 15) is 5.26 Å². The molecule has 4 nitrogen and oxygen atoms in total. The predicted octanol–water partition coefficient (Wildman–Crippen LogP) is 4.46. The molecule has 1 atom stereocenters. The molecule has 0 aliphatic rings. The van der Waals surface area contributed by atoms with E-state index in [-0.39, 0.29) is 5.92 Å². The summed E-state index contributed by atoms with van der Waals surface area (Å²) < 4.78 is 10.9. The number of nitrogens with zero attached hydrogens (tertiary/aromatic N) is 2. The van der Waals surface area contributed by atoms with Gasteiger partial charge in [-0.15, -0.1) is 0 Å². The fourth-order valence-corrected chi connectivity index (χ4v) is 2.61. The molecule has 0 spiro atoms. The van der Waals surface area contributed by atoms with Crippen LogP contribution in [0.2, 0.25) is 0 Å². The van der Waals surface area contributed by atoms with Crippen LogP contribution < -0.4 is 4.74 Å². The Morgan fingerprint density at radius 3 is 2.64 bits per heavy atom. The third kappa shape index (κ3) is 3.88. The molecule has 4 heteroatoms. The van der Waals surface area contributed by atoms with Crippen LogP contribution in [0.1, 0.15) is 47.8 Å². The van der Waals surface area contributed by atoms with Gasteiger partial charge in [-0.2, -0.15) is 5.26 Å². The largest absolute Gasteiger partial charge is 0.493 e. The minimum Gasteiger partial charge on any atom is -0.493 e. The maximum atomic E-state index is 9.37. The van der Waals surface area contributed by atoms with Crippen molar-refractivity contribution < 1.29 is 9.26 Å². The molecule has 1 aromatic heterocycles. The Bertz CT molecular complexity index is 636. The molecular weight excluding hydrogens is 276 g/mol. The van der Waals surface area contributed by atoms with Crippen LogP contribution in [0.5, 0.6) is 5.75 Å². The number of ether oxygens (including phenoxy) is 1. The summed E-state index contributed by atoms with van der Waals surface area (Å²) in [5.41, 5.74) is 2.91. The highest BCUT2D eigenvalue weighted by atomic mass is 16.5. The van der Waals surface area contributed by atoms with Crippen molar-refractivity contribution in [1.82, 2.24) is 5.16 Å². The number of hydrogen-bond acceptors (Lipinski definition) is 4. The molecule has 0 bridgehead atoms. The second-order valence-electron chi connectivity index (χ2n) is 5.53. The van der Waals surface area contributed by atoms with E-state index in [1.54, 1.807) is 0 Å². The lowest BCUT2D eigenvalue weighted by Gasteiger charge is -2.10. The third-order valence-corrected chi connectivity index (χ3v) is 3.83. The van der Waals surface area contributed by atoms with E-state index in [1.807, 2.05) is 45.0 Å². The average molecular weight is 298 g/mol. The van der Waals surface area contributed by atoms with Gasteiger partial charge in [0.1, 0.15) is 11.5 Å². The summed E-state index contributed by atoms with van der Waals surface area (Å²) in [5.74, 6) is 1.54. The second-order valence-corrected chi connectivity index (χ2v) is 5.53. The van der Waals surface area contributed by atoms with Gasteiger partial charge in [-0.1, -0.05) is 23.4 Å². The van der Waals surface area contributed by atoms with Crippen LogP contribution in [-0.4, -0.2) is 11.8 Å². The zero-order valence-corrected chi connectivity index (χ0v) is 13.4. The lowest BCUT2D eigenvalue weighted by atomic mass is 9.93. The van der Waals surface area contributed by atoms with Gasteiger partial charge in [-0.05, 0) is 51.7 Å². The summed E-state index contributed by atoms with van der Waals surface area (Å²) in [6.07, 6.45) is 2.67. The van der Waals surface area contributed by atoms with Crippen molar-refractivity contribution in [1.29, 1.82) is 5.26 Å². The maximum Gasteiger partial charge on any atom is 0.138 e. The molecule has 0 aliphatic heterocycles. The highest BCUT2D eigenvalue weighted by molar-refractivity contribution is 5.32. The topological polar surface area (TPSA) is 59.0 Å². The second kappa shape index (κ2) is 7.65. The number of nitriles is 1. The molecular formula is C18H22N2O2. The van der Waals surface area contributed by atoms with Gasteiger partial charge in [0, 0.05) is 5.56 Å². The van der Waals surface area contributed by atoms with Gasteiger partial charge < -0.3 is 9.26 Å². The number of rotatable bonds is 7. The van der Waals surface area contributed by atoms with Gasteiger partial charge in [-0.3, -0.25) is 0 Å². The summed E-state index contributed by atoms with van der Waals surface area (Å²) in [7, 11) is 0. The zero-order chi connectivity index (χ0) is 15.9.